The summed E-state index contributed by atoms with van der Waals surface area (Å²) in [5, 5.41) is 5.44. The van der Waals surface area contributed by atoms with Crippen LogP contribution in [0.25, 0.3) is 11.0 Å². The summed E-state index contributed by atoms with van der Waals surface area (Å²) < 4.78 is 2.61. The van der Waals surface area contributed by atoms with Gasteiger partial charge in [-0.25, -0.2) is 14.6 Å². The van der Waals surface area contributed by atoms with Gasteiger partial charge in [0.1, 0.15) is 16.7 Å². The zero-order valence-electron chi connectivity index (χ0n) is 14.3. The Labute approximate surface area is 155 Å². The minimum Gasteiger partial charge on any atom is -0.355 e. The highest BCUT2D eigenvalue weighted by molar-refractivity contribution is 9.10. The van der Waals surface area contributed by atoms with Crippen molar-refractivity contribution in [3.63, 3.8) is 0 Å². The molecular weight excluding hydrogens is 380 g/mol. The van der Waals surface area contributed by atoms with Gasteiger partial charge in [0.05, 0.1) is 5.39 Å². The van der Waals surface area contributed by atoms with Crippen LogP contribution < -0.4 is 4.90 Å². The number of hydrogen-bond donors (Lipinski definition) is 0. The molecule has 0 amide bonds. The molecule has 0 N–H and O–H groups in total. The van der Waals surface area contributed by atoms with E-state index >= 15 is 0 Å². The SMILES string of the molecule is Cn1nc(Br)c2c(N3CCCN(Cc4ccccc4)CC3)ncnc21. The van der Waals surface area contributed by atoms with E-state index in [1.807, 2.05) is 7.05 Å². The second kappa shape index (κ2) is 7.09. The van der Waals surface area contributed by atoms with E-state index in [2.05, 4.69) is 71.1 Å². The first kappa shape index (κ1) is 16.5. The van der Waals surface area contributed by atoms with E-state index in [9.17, 15) is 0 Å². The molecule has 1 saturated heterocycles. The molecular formula is C18H21BrN6. The van der Waals surface area contributed by atoms with Crippen LogP contribution in [0, 0.1) is 0 Å². The number of halogens is 1. The summed E-state index contributed by atoms with van der Waals surface area (Å²) in [7, 11) is 1.91. The molecule has 1 aliphatic rings. The van der Waals surface area contributed by atoms with Gasteiger partial charge in [-0.2, -0.15) is 5.10 Å². The van der Waals surface area contributed by atoms with Crippen molar-refractivity contribution in [1.29, 1.82) is 0 Å². The first-order valence-electron chi connectivity index (χ1n) is 8.57. The zero-order chi connectivity index (χ0) is 17.2. The summed E-state index contributed by atoms with van der Waals surface area (Å²) in [4.78, 5) is 13.8. The van der Waals surface area contributed by atoms with Crippen LogP contribution >= 0.6 is 15.9 Å². The number of aryl methyl sites for hydroxylation is 1. The number of fused-ring (bicyclic) bond motifs is 1. The van der Waals surface area contributed by atoms with Crippen molar-refractivity contribution in [1.82, 2.24) is 24.6 Å². The van der Waals surface area contributed by atoms with Crippen molar-refractivity contribution in [3.05, 3.63) is 46.8 Å². The second-order valence-corrected chi connectivity index (χ2v) is 7.16. The average Bonchev–Trinajstić information content (AvgIpc) is 2.80. The number of benzene rings is 1. The molecule has 7 heteroatoms. The molecule has 1 aliphatic heterocycles. The molecule has 0 spiro atoms. The first-order chi connectivity index (χ1) is 12.2. The van der Waals surface area contributed by atoms with Gasteiger partial charge in [0.15, 0.2) is 5.65 Å². The maximum atomic E-state index is 4.57. The Kier molecular flexibility index (Phi) is 4.67. The van der Waals surface area contributed by atoms with Crippen LogP contribution in [-0.2, 0) is 13.6 Å². The number of nitrogens with zero attached hydrogens (tertiary/aromatic N) is 6. The van der Waals surface area contributed by atoms with Gasteiger partial charge in [-0.05, 0) is 27.9 Å². The Morgan fingerprint density at radius 3 is 2.72 bits per heavy atom. The highest BCUT2D eigenvalue weighted by Crippen LogP contribution is 2.30. The fourth-order valence-corrected chi connectivity index (χ4v) is 4.04. The Morgan fingerprint density at radius 1 is 1.04 bits per heavy atom. The average molecular weight is 401 g/mol. The van der Waals surface area contributed by atoms with Gasteiger partial charge >= 0.3 is 0 Å². The van der Waals surface area contributed by atoms with E-state index in [4.69, 9.17) is 0 Å². The van der Waals surface area contributed by atoms with Gasteiger partial charge in [-0.1, -0.05) is 30.3 Å². The van der Waals surface area contributed by atoms with Crippen LogP contribution in [0.3, 0.4) is 0 Å². The molecule has 130 valence electrons. The third-order valence-electron chi connectivity index (χ3n) is 4.69. The third kappa shape index (κ3) is 3.39. The molecule has 3 aromatic rings. The normalized spacial score (nSPS) is 16.3. The summed E-state index contributed by atoms with van der Waals surface area (Å²) in [6.45, 7) is 5.09. The third-order valence-corrected chi connectivity index (χ3v) is 5.25. The number of hydrogen-bond acceptors (Lipinski definition) is 5. The molecule has 0 saturated carbocycles. The molecule has 0 atom stereocenters. The van der Waals surface area contributed by atoms with Crippen molar-refractivity contribution in [2.45, 2.75) is 13.0 Å². The molecule has 0 aliphatic carbocycles. The monoisotopic (exact) mass is 400 g/mol. The summed E-state index contributed by atoms with van der Waals surface area (Å²) in [6.07, 6.45) is 2.76. The molecule has 4 rings (SSSR count). The van der Waals surface area contributed by atoms with Gasteiger partial charge in [0.2, 0.25) is 0 Å². The molecule has 6 nitrogen and oxygen atoms in total. The Balaban J connectivity index is 1.53. The molecule has 0 bridgehead atoms. The van der Waals surface area contributed by atoms with E-state index in [0.717, 1.165) is 60.6 Å². The Morgan fingerprint density at radius 2 is 1.88 bits per heavy atom. The number of rotatable bonds is 3. The molecule has 0 unspecified atom stereocenters. The lowest BCUT2D eigenvalue weighted by molar-refractivity contribution is 0.285. The fourth-order valence-electron chi connectivity index (χ4n) is 3.45. The standard InChI is InChI=1S/C18H21BrN6/c1-23-17-15(16(19)22-23)18(21-13-20-17)25-9-5-8-24(10-11-25)12-14-6-3-2-4-7-14/h2-4,6-7,13H,5,8-12H2,1H3. The van der Waals surface area contributed by atoms with Crippen LogP contribution in [0.15, 0.2) is 41.3 Å². The van der Waals surface area contributed by atoms with Gasteiger partial charge in [0.25, 0.3) is 0 Å². The van der Waals surface area contributed by atoms with Crippen molar-refractivity contribution >= 4 is 32.8 Å². The molecule has 25 heavy (non-hydrogen) atoms. The van der Waals surface area contributed by atoms with Gasteiger partial charge in [-0.15, -0.1) is 0 Å². The molecule has 3 heterocycles. The molecule has 1 fully saturated rings. The number of aromatic nitrogens is 4. The fraction of sp³-hybridized carbons (Fsp3) is 0.389. The lowest BCUT2D eigenvalue weighted by Crippen LogP contribution is -2.31. The predicted octanol–water partition coefficient (Wildman–Crippen LogP) is 2.84. The van der Waals surface area contributed by atoms with Crippen LogP contribution in [0.5, 0.6) is 0 Å². The molecule has 2 aromatic heterocycles. The van der Waals surface area contributed by atoms with E-state index in [1.54, 1.807) is 11.0 Å². The van der Waals surface area contributed by atoms with Gasteiger partial charge in [-0.3, -0.25) is 4.90 Å². The second-order valence-electron chi connectivity index (χ2n) is 6.41. The predicted molar refractivity (Wildman–Crippen MR) is 103 cm³/mol. The summed E-state index contributed by atoms with van der Waals surface area (Å²) in [5.74, 6) is 0.978. The minimum atomic E-state index is 0.811. The maximum Gasteiger partial charge on any atom is 0.164 e. The lowest BCUT2D eigenvalue weighted by atomic mass is 10.2. The topological polar surface area (TPSA) is 50.1 Å². The minimum absolute atomic E-state index is 0.811. The maximum absolute atomic E-state index is 4.57. The van der Waals surface area contributed by atoms with Crippen molar-refractivity contribution < 1.29 is 0 Å². The highest BCUT2D eigenvalue weighted by Gasteiger charge is 2.21. The van der Waals surface area contributed by atoms with Crippen LogP contribution in [-0.4, -0.2) is 50.8 Å². The number of anilines is 1. The van der Waals surface area contributed by atoms with E-state index in [1.165, 1.54) is 5.56 Å². The highest BCUT2D eigenvalue weighted by atomic mass is 79.9. The Hall–Kier alpha value is -1.99. The van der Waals surface area contributed by atoms with E-state index < -0.39 is 0 Å². The van der Waals surface area contributed by atoms with E-state index in [0.29, 0.717) is 0 Å². The summed E-state index contributed by atoms with van der Waals surface area (Å²) >= 11 is 3.56. The van der Waals surface area contributed by atoms with Gasteiger partial charge < -0.3 is 4.90 Å². The van der Waals surface area contributed by atoms with Crippen LogP contribution in [0.1, 0.15) is 12.0 Å². The summed E-state index contributed by atoms with van der Waals surface area (Å²) in [6, 6.07) is 10.7. The van der Waals surface area contributed by atoms with Crippen LogP contribution in [0.2, 0.25) is 0 Å². The smallest absolute Gasteiger partial charge is 0.164 e. The quantitative estimate of drug-likeness (QED) is 0.676. The van der Waals surface area contributed by atoms with Crippen molar-refractivity contribution in [3.8, 4) is 0 Å². The Bertz CT molecular complexity index is 863. The largest absolute Gasteiger partial charge is 0.355 e. The summed E-state index contributed by atoms with van der Waals surface area (Å²) in [5.41, 5.74) is 2.23. The van der Waals surface area contributed by atoms with E-state index in [-0.39, 0.29) is 0 Å². The van der Waals surface area contributed by atoms with Crippen molar-refractivity contribution in [2.75, 3.05) is 31.1 Å². The lowest BCUT2D eigenvalue weighted by Gasteiger charge is -2.23. The first-order valence-corrected chi connectivity index (χ1v) is 9.36. The molecule has 1 aromatic carbocycles. The van der Waals surface area contributed by atoms with Crippen LogP contribution in [0.4, 0.5) is 5.82 Å². The molecule has 0 radical (unpaired) electrons. The van der Waals surface area contributed by atoms with Crippen molar-refractivity contribution in [2.24, 2.45) is 7.05 Å². The zero-order valence-corrected chi connectivity index (χ0v) is 15.9. The van der Waals surface area contributed by atoms with Gasteiger partial charge in [0, 0.05) is 39.8 Å².